The van der Waals surface area contributed by atoms with E-state index >= 15 is 0 Å². The number of nitrogens with one attached hydrogen (secondary N) is 1. The molecule has 0 rings (SSSR count). The number of carboxylic acids is 1. The van der Waals surface area contributed by atoms with Crippen molar-refractivity contribution in [3.63, 3.8) is 0 Å². The van der Waals surface area contributed by atoms with Gasteiger partial charge >= 0.3 is 5.97 Å². The Kier molecular flexibility index (Phi) is 7.23. The number of carboxylic acid groups (broad SMARTS) is 1. The fourth-order valence-corrected chi connectivity index (χ4v) is 0.884. The van der Waals surface area contributed by atoms with E-state index in [0.29, 0.717) is 6.54 Å². The van der Waals surface area contributed by atoms with Gasteiger partial charge in [0, 0.05) is 12.6 Å². The first-order chi connectivity index (χ1) is 6.52. The van der Waals surface area contributed by atoms with E-state index in [2.05, 4.69) is 10.1 Å². The zero-order valence-corrected chi connectivity index (χ0v) is 8.00. The van der Waals surface area contributed by atoms with Gasteiger partial charge in [0.1, 0.15) is 6.61 Å². The van der Waals surface area contributed by atoms with Crippen molar-refractivity contribution >= 4 is 5.97 Å². The molecular formula is C8H15F2NO3. The summed E-state index contributed by atoms with van der Waals surface area (Å²) < 4.78 is 27.7. The second kappa shape index (κ2) is 7.64. The van der Waals surface area contributed by atoms with E-state index in [9.17, 15) is 13.6 Å². The Labute approximate surface area is 81.2 Å². The molecule has 84 valence electrons. The SMILES string of the molecule is CC(CC(=O)O)NCCOCC(F)F. The molecule has 0 aromatic carbocycles. The van der Waals surface area contributed by atoms with Crippen LogP contribution in [0.5, 0.6) is 0 Å². The number of alkyl halides is 2. The molecule has 2 N–H and O–H groups in total. The van der Waals surface area contributed by atoms with E-state index in [1.54, 1.807) is 6.92 Å². The number of hydrogen-bond acceptors (Lipinski definition) is 3. The van der Waals surface area contributed by atoms with Gasteiger partial charge in [-0.25, -0.2) is 8.78 Å². The average molecular weight is 211 g/mol. The molecule has 0 radical (unpaired) electrons. The van der Waals surface area contributed by atoms with Gasteiger partial charge in [-0.1, -0.05) is 0 Å². The van der Waals surface area contributed by atoms with Crippen molar-refractivity contribution in [1.29, 1.82) is 0 Å². The summed E-state index contributed by atoms with van der Waals surface area (Å²) >= 11 is 0. The number of halogens is 2. The second-order valence-electron chi connectivity index (χ2n) is 2.92. The fraction of sp³-hybridized carbons (Fsp3) is 0.875. The van der Waals surface area contributed by atoms with Crippen LogP contribution in [0, 0.1) is 0 Å². The molecule has 0 aromatic rings. The van der Waals surface area contributed by atoms with Crippen molar-refractivity contribution in [2.75, 3.05) is 19.8 Å². The summed E-state index contributed by atoms with van der Waals surface area (Å²) in [5, 5.41) is 11.2. The van der Waals surface area contributed by atoms with Gasteiger partial charge in [-0.3, -0.25) is 4.79 Å². The van der Waals surface area contributed by atoms with Crippen LogP contribution < -0.4 is 5.32 Å². The Balaban J connectivity index is 3.23. The summed E-state index contributed by atoms with van der Waals surface area (Å²) in [7, 11) is 0. The van der Waals surface area contributed by atoms with Crippen molar-refractivity contribution < 1.29 is 23.4 Å². The minimum absolute atomic E-state index is 0.00878. The highest BCUT2D eigenvalue weighted by Crippen LogP contribution is 1.92. The van der Waals surface area contributed by atoms with Crippen LogP contribution in [0.15, 0.2) is 0 Å². The first kappa shape index (κ1) is 13.2. The van der Waals surface area contributed by atoms with Crippen molar-refractivity contribution in [3.8, 4) is 0 Å². The molecule has 0 aliphatic carbocycles. The summed E-state index contributed by atoms with van der Waals surface area (Å²) in [6, 6.07) is -0.178. The topological polar surface area (TPSA) is 58.6 Å². The maximum Gasteiger partial charge on any atom is 0.304 e. The predicted octanol–water partition coefficient (Wildman–Crippen LogP) is 0.721. The summed E-state index contributed by atoms with van der Waals surface area (Å²) in [5.74, 6) is -0.890. The first-order valence-corrected chi connectivity index (χ1v) is 4.33. The fourth-order valence-electron chi connectivity index (χ4n) is 0.884. The molecular weight excluding hydrogens is 196 g/mol. The Morgan fingerprint density at radius 3 is 2.71 bits per heavy atom. The molecule has 0 aliphatic rings. The van der Waals surface area contributed by atoms with E-state index < -0.39 is 19.0 Å². The molecule has 0 aromatic heterocycles. The zero-order chi connectivity index (χ0) is 11.0. The second-order valence-corrected chi connectivity index (χ2v) is 2.92. The molecule has 14 heavy (non-hydrogen) atoms. The molecule has 1 unspecified atom stereocenters. The van der Waals surface area contributed by atoms with Gasteiger partial charge in [0.05, 0.1) is 13.0 Å². The van der Waals surface area contributed by atoms with E-state index in [0.717, 1.165) is 0 Å². The van der Waals surface area contributed by atoms with Crippen LogP contribution in [-0.2, 0) is 9.53 Å². The lowest BCUT2D eigenvalue weighted by Gasteiger charge is -2.11. The summed E-state index contributed by atoms with van der Waals surface area (Å²) in [4.78, 5) is 10.2. The van der Waals surface area contributed by atoms with Gasteiger partial charge < -0.3 is 15.2 Å². The van der Waals surface area contributed by atoms with E-state index in [1.807, 2.05) is 0 Å². The third-order valence-electron chi connectivity index (χ3n) is 1.46. The van der Waals surface area contributed by atoms with E-state index in [1.165, 1.54) is 0 Å². The Morgan fingerprint density at radius 1 is 1.57 bits per heavy atom. The lowest BCUT2D eigenvalue weighted by Crippen LogP contribution is -2.31. The molecule has 0 saturated carbocycles. The van der Waals surface area contributed by atoms with Crippen LogP contribution in [0.25, 0.3) is 0 Å². The van der Waals surface area contributed by atoms with Crippen LogP contribution in [0.1, 0.15) is 13.3 Å². The third kappa shape index (κ3) is 9.34. The van der Waals surface area contributed by atoms with Gasteiger partial charge in [-0.2, -0.15) is 0 Å². The van der Waals surface area contributed by atoms with Gasteiger partial charge in [0.15, 0.2) is 0 Å². The van der Waals surface area contributed by atoms with Crippen molar-refractivity contribution in [3.05, 3.63) is 0 Å². The standard InChI is InChI=1S/C8H15F2NO3/c1-6(4-8(12)13)11-2-3-14-5-7(9)10/h6-7,11H,2-5H2,1H3,(H,12,13). The van der Waals surface area contributed by atoms with Crippen LogP contribution in [0.4, 0.5) is 8.78 Å². The number of ether oxygens (including phenoxy) is 1. The minimum atomic E-state index is -2.45. The molecule has 0 heterocycles. The van der Waals surface area contributed by atoms with Gasteiger partial charge in [0.25, 0.3) is 6.43 Å². The number of aliphatic carboxylic acids is 1. The maximum absolute atomic E-state index is 11.6. The Bertz CT molecular complexity index is 167. The molecule has 0 bridgehead atoms. The average Bonchev–Trinajstić information content (AvgIpc) is 2.01. The van der Waals surface area contributed by atoms with Crippen molar-refractivity contribution in [1.82, 2.24) is 5.32 Å². The quantitative estimate of drug-likeness (QED) is 0.581. The molecule has 0 fully saturated rings. The largest absolute Gasteiger partial charge is 0.481 e. The molecule has 1 atom stereocenters. The summed E-state index contributed by atoms with van der Waals surface area (Å²) in [6.07, 6.45) is -2.44. The monoisotopic (exact) mass is 211 g/mol. The summed E-state index contributed by atoms with van der Waals surface area (Å²) in [5.41, 5.74) is 0. The van der Waals surface area contributed by atoms with Crippen LogP contribution in [0.2, 0.25) is 0 Å². The zero-order valence-electron chi connectivity index (χ0n) is 8.00. The molecule has 0 amide bonds. The number of carbonyl (C=O) groups is 1. The van der Waals surface area contributed by atoms with Crippen LogP contribution >= 0.6 is 0 Å². The highest BCUT2D eigenvalue weighted by molar-refractivity contribution is 5.67. The Morgan fingerprint density at radius 2 is 2.21 bits per heavy atom. The van der Waals surface area contributed by atoms with Gasteiger partial charge in [0.2, 0.25) is 0 Å². The molecule has 4 nitrogen and oxygen atoms in total. The van der Waals surface area contributed by atoms with Crippen LogP contribution in [-0.4, -0.2) is 43.3 Å². The predicted molar refractivity (Wildman–Crippen MR) is 46.5 cm³/mol. The highest BCUT2D eigenvalue weighted by Gasteiger charge is 2.06. The van der Waals surface area contributed by atoms with Crippen molar-refractivity contribution in [2.24, 2.45) is 0 Å². The lowest BCUT2D eigenvalue weighted by atomic mass is 10.2. The third-order valence-corrected chi connectivity index (χ3v) is 1.46. The van der Waals surface area contributed by atoms with Gasteiger partial charge in [-0.05, 0) is 6.92 Å². The normalized spacial score (nSPS) is 13.1. The maximum atomic E-state index is 11.6. The van der Waals surface area contributed by atoms with E-state index in [-0.39, 0.29) is 19.1 Å². The van der Waals surface area contributed by atoms with Crippen molar-refractivity contribution in [2.45, 2.75) is 25.8 Å². The van der Waals surface area contributed by atoms with Gasteiger partial charge in [-0.15, -0.1) is 0 Å². The van der Waals surface area contributed by atoms with E-state index in [4.69, 9.17) is 5.11 Å². The molecule has 0 spiro atoms. The lowest BCUT2D eigenvalue weighted by molar-refractivity contribution is -0.137. The highest BCUT2D eigenvalue weighted by atomic mass is 19.3. The summed E-state index contributed by atoms with van der Waals surface area (Å²) in [6.45, 7) is 1.67. The molecule has 6 heteroatoms. The Hall–Kier alpha value is -0.750. The number of rotatable bonds is 8. The first-order valence-electron chi connectivity index (χ1n) is 4.33. The molecule has 0 saturated heterocycles. The smallest absolute Gasteiger partial charge is 0.304 e. The molecule has 0 aliphatic heterocycles. The number of hydrogen-bond donors (Lipinski definition) is 2. The minimum Gasteiger partial charge on any atom is -0.481 e. The van der Waals surface area contributed by atoms with Crippen LogP contribution in [0.3, 0.4) is 0 Å².